The summed E-state index contributed by atoms with van der Waals surface area (Å²) in [6, 6.07) is 5.27. The van der Waals surface area contributed by atoms with Gasteiger partial charge in [-0.05, 0) is 87.2 Å². The molecule has 1 saturated heterocycles. The normalized spacial score (nSPS) is 18.3. The van der Waals surface area contributed by atoms with Crippen molar-refractivity contribution >= 4 is 11.9 Å². The van der Waals surface area contributed by atoms with Gasteiger partial charge in [-0.2, -0.15) is 4.98 Å². The van der Waals surface area contributed by atoms with Crippen LogP contribution >= 0.6 is 0 Å². The standard InChI is InChI=1S/C26H38N4O4/c1-18-16-22(9-10-23(18)24(32)27-19(2)17-31)33-15-5-6-20-11-13-30(14-12-20)26-28-25(34-29-26)21-7-3-4-8-21/h9-10,16,19-21,31H,3-8,11-15,17H2,1-2H3,(H,27,32)/t19-/m1/s1. The summed E-state index contributed by atoms with van der Waals surface area (Å²) in [5.41, 5.74) is 1.47. The SMILES string of the molecule is Cc1cc(OCCCC2CCN(c3noc(C4CCCC4)n3)CC2)ccc1C(=O)N[C@H](C)CO. The highest BCUT2D eigenvalue weighted by Crippen LogP contribution is 2.34. The van der Waals surface area contributed by atoms with Crippen molar-refractivity contribution in [1.82, 2.24) is 15.5 Å². The Hall–Kier alpha value is -2.61. The predicted molar refractivity (Wildman–Crippen MR) is 130 cm³/mol. The first-order valence-corrected chi connectivity index (χ1v) is 12.8. The van der Waals surface area contributed by atoms with Crippen molar-refractivity contribution in [2.45, 2.75) is 77.2 Å². The first-order valence-electron chi connectivity index (χ1n) is 12.8. The Bertz CT molecular complexity index is 933. The van der Waals surface area contributed by atoms with Crippen molar-refractivity contribution in [3.63, 3.8) is 0 Å². The van der Waals surface area contributed by atoms with Crippen LogP contribution in [-0.4, -0.2) is 53.5 Å². The lowest BCUT2D eigenvalue weighted by molar-refractivity contribution is 0.0921. The van der Waals surface area contributed by atoms with Crippen LogP contribution in [0.1, 0.15) is 86.0 Å². The molecule has 1 aromatic heterocycles. The van der Waals surface area contributed by atoms with Crippen LogP contribution in [0.3, 0.4) is 0 Å². The van der Waals surface area contributed by atoms with Crippen LogP contribution in [0.2, 0.25) is 0 Å². The Kier molecular flexibility index (Phi) is 8.43. The third-order valence-electron chi connectivity index (χ3n) is 7.15. The number of nitrogens with one attached hydrogen (secondary N) is 1. The minimum atomic E-state index is -0.267. The Morgan fingerprint density at radius 1 is 1.26 bits per heavy atom. The highest BCUT2D eigenvalue weighted by molar-refractivity contribution is 5.95. The molecule has 2 N–H and O–H groups in total. The van der Waals surface area contributed by atoms with E-state index in [1.54, 1.807) is 13.0 Å². The number of nitrogens with zero attached hydrogens (tertiary/aromatic N) is 3. The van der Waals surface area contributed by atoms with Crippen molar-refractivity contribution in [2.75, 3.05) is 31.2 Å². The Morgan fingerprint density at radius 2 is 2.03 bits per heavy atom. The molecule has 2 heterocycles. The van der Waals surface area contributed by atoms with Crippen LogP contribution in [0.15, 0.2) is 22.7 Å². The molecule has 1 atom stereocenters. The van der Waals surface area contributed by atoms with Crippen molar-refractivity contribution in [3.05, 3.63) is 35.2 Å². The third kappa shape index (κ3) is 6.29. The van der Waals surface area contributed by atoms with Gasteiger partial charge in [-0.15, -0.1) is 0 Å². The van der Waals surface area contributed by atoms with Gasteiger partial charge >= 0.3 is 0 Å². The number of carbonyl (C=O) groups is 1. The number of amides is 1. The summed E-state index contributed by atoms with van der Waals surface area (Å²) in [4.78, 5) is 19.2. The number of aliphatic hydroxyl groups excluding tert-OH is 1. The van der Waals surface area contributed by atoms with Gasteiger partial charge < -0.3 is 24.6 Å². The van der Waals surface area contributed by atoms with E-state index in [9.17, 15) is 4.79 Å². The van der Waals surface area contributed by atoms with Crippen molar-refractivity contribution in [3.8, 4) is 5.75 Å². The lowest BCUT2D eigenvalue weighted by Gasteiger charge is -2.30. The van der Waals surface area contributed by atoms with Crippen LogP contribution < -0.4 is 15.0 Å². The summed E-state index contributed by atoms with van der Waals surface area (Å²) in [7, 11) is 0. The van der Waals surface area contributed by atoms with Crippen LogP contribution in [0, 0.1) is 12.8 Å². The van der Waals surface area contributed by atoms with E-state index in [2.05, 4.69) is 20.4 Å². The average Bonchev–Trinajstić information content (AvgIpc) is 3.54. The van der Waals surface area contributed by atoms with Crippen molar-refractivity contribution in [2.24, 2.45) is 5.92 Å². The van der Waals surface area contributed by atoms with Crippen molar-refractivity contribution < 1.29 is 19.2 Å². The van der Waals surface area contributed by atoms with E-state index in [0.29, 0.717) is 24.0 Å². The van der Waals surface area contributed by atoms with E-state index in [4.69, 9.17) is 14.4 Å². The first kappa shape index (κ1) is 24.5. The summed E-state index contributed by atoms with van der Waals surface area (Å²) in [5.74, 6) is 3.37. The van der Waals surface area contributed by atoms with E-state index in [-0.39, 0.29) is 18.6 Å². The monoisotopic (exact) mass is 470 g/mol. The lowest BCUT2D eigenvalue weighted by Crippen LogP contribution is -2.35. The van der Waals surface area contributed by atoms with E-state index < -0.39 is 0 Å². The minimum absolute atomic E-state index is 0.0799. The molecule has 1 amide bonds. The summed E-state index contributed by atoms with van der Waals surface area (Å²) in [6.07, 6.45) is 9.32. The number of benzene rings is 1. The number of ether oxygens (including phenoxy) is 1. The van der Waals surface area contributed by atoms with E-state index >= 15 is 0 Å². The highest BCUT2D eigenvalue weighted by Gasteiger charge is 2.26. The number of aromatic nitrogens is 2. The van der Waals surface area contributed by atoms with Crippen LogP contribution in [0.25, 0.3) is 0 Å². The molecule has 2 aromatic rings. The van der Waals surface area contributed by atoms with Gasteiger partial charge in [0.1, 0.15) is 5.75 Å². The Labute approximate surface area is 202 Å². The fourth-order valence-corrected chi connectivity index (χ4v) is 5.01. The third-order valence-corrected chi connectivity index (χ3v) is 7.15. The van der Waals surface area contributed by atoms with Gasteiger partial charge in [0.15, 0.2) is 0 Å². The first-order chi connectivity index (χ1) is 16.5. The van der Waals surface area contributed by atoms with Gasteiger partial charge in [-0.3, -0.25) is 4.79 Å². The molecular weight excluding hydrogens is 432 g/mol. The molecule has 2 fully saturated rings. The Balaban J connectivity index is 1.15. The van der Waals surface area contributed by atoms with Crippen LogP contribution in [0.4, 0.5) is 5.95 Å². The molecule has 8 nitrogen and oxygen atoms in total. The highest BCUT2D eigenvalue weighted by atomic mass is 16.5. The van der Waals surface area contributed by atoms with Gasteiger partial charge in [0.05, 0.1) is 13.2 Å². The quantitative estimate of drug-likeness (QED) is 0.501. The number of carbonyl (C=O) groups excluding carboxylic acids is 1. The lowest BCUT2D eigenvalue weighted by atomic mass is 9.92. The topological polar surface area (TPSA) is 101 Å². The minimum Gasteiger partial charge on any atom is -0.494 e. The largest absolute Gasteiger partial charge is 0.494 e. The number of rotatable bonds is 10. The van der Waals surface area contributed by atoms with Gasteiger partial charge in [0.2, 0.25) is 5.89 Å². The number of piperidine rings is 1. The summed E-state index contributed by atoms with van der Waals surface area (Å²) >= 11 is 0. The number of hydrogen-bond donors (Lipinski definition) is 2. The molecule has 0 radical (unpaired) electrons. The molecule has 0 spiro atoms. The van der Waals surface area contributed by atoms with Crippen LogP contribution in [0.5, 0.6) is 5.75 Å². The number of aryl methyl sites for hydroxylation is 1. The number of hydrogen-bond acceptors (Lipinski definition) is 7. The van der Waals surface area contributed by atoms with E-state index in [0.717, 1.165) is 61.9 Å². The maximum absolute atomic E-state index is 12.3. The Morgan fingerprint density at radius 3 is 2.74 bits per heavy atom. The fourth-order valence-electron chi connectivity index (χ4n) is 5.01. The molecule has 1 saturated carbocycles. The maximum Gasteiger partial charge on any atom is 0.266 e. The second-order valence-electron chi connectivity index (χ2n) is 9.87. The predicted octanol–water partition coefficient (Wildman–Crippen LogP) is 4.22. The molecular formula is C26H38N4O4. The molecule has 0 unspecified atom stereocenters. The zero-order valence-electron chi connectivity index (χ0n) is 20.5. The summed E-state index contributed by atoms with van der Waals surface area (Å²) in [6.45, 7) is 6.22. The number of anilines is 1. The van der Waals surface area contributed by atoms with Gasteiger partial charge in [0, 0.05) is 30.6 Å². The summed E-state index contributed by atoms with van der Waals surface area (Å²) < 4.78 is 11.5. The van der Waals surface area contributed by atoms with Crippen molar-refractivity contribution in [1.29, 1.82) is 0 Å². The molecule has 8 heteroatoms. The second-order valence-corrected chi connectivity index (χ2v) is 9.87. The molecule has 4 rings (SSSR count). The average molecular weight is 471 g/mol. The molecule has 1 aliphatic heterocycles. The fraction of sp³-hybridized carbons (Fsp3) is 0.654. The zero-order chi connectivity index (χ0) is 23.9. The zero-order valence-corrected chi connectivity index (χ0v) is 20.5. The molecule has 186 valence electrons. The molecule has 34 heavy (non-hydrogen) atoms. The molecule has 1 aliphatic carbocycles. The molecule has 1 aromatic carbocycles. The van der Waals surface area contributed by atoms with E-state index in [1.807, 2.05) is 19.1 Å². The molecule has 0 bridgehead atoms. The smallest absolute Gasteiger partial charge is 0.266 e. The van der Waals surface area contributed by atoms with Gasteiger partial charge in [-0.25, -0.2) is 0 Å². The molecule has 2 aliphatic rings. The van der Waals surface area contributed by atoms with Crippen LogP contribution in [-0.2, 0) is 0 Å². The number of aliphatic hydroxyl groups is 1. The maximum atomic E-state index is 12.3. The van der Waals surface area contributed by atoms with Gasteiger partial charge in [0.25, 0.3) is 11.9 Å². The summed E-state index contributed by atoms with van der Waals surface area (Å²) in [5, 5.41) is 16.1. The van der Waals surface area contributed by atoms with Gasteiger partial charge in [-0.1, -0.05) is 12.8 Å². The second kappa shape index (κ2) is 11.7. The van der Waals surface area contributed by atoms with E-state index in [1.165, 1.54) is 25.7 Å².